The minimum absolute atomic E-state index is 0.580. The fraction of sp³-hybridized carbons (Fsp3) is 0.733. The molecule has 0 aromatic heterocycles. The van der Waals surface area contributed by atoms with Gasteiger partial charge in [0.05, 0.1) is 0 Å². The van der Waals surface area contributed by atoms with Gasteiger partial charge in [-0.15, -0.1) is 0 Å². The van der Waals surface area contributed by atoms with Gasteiger partial charge in [-0.1, -0.05) is 60.7 Å². The molecule has 0 aromatic rings. The lowest BCUT2D eigenvalue weighted by Crippen LogP contribution is -2.29. The van der Waals surface area contributed by atoms with Gasteiger partial charge in [0.15, 0.2) is 0 Å². The molecule has 1 aliphatic carbocycles. The van der Waals surface area contributed by atoms with Crippen LogP contribution >= 0.6 is 34.4 Å². The number of nitrogens with two attached hydrogens (primary N) is 1. The summed E-state index contributed by atoms with van der Waals surface area (Å²) in [7, 11) is 0. The Balaban J connectivity index is 2.53. The zero-order chi connectivity index (χ0) is 13.4. The first-order chi connectivity index (χ1) is 8.72. The summed E-state index contributed by atoms with van der Waals surface area (Å²) in [6.45, 7) is 5.37. The maximum absolute atomic E-state index is 5.88. The van der Waals surface area contributed by atoms with E-state index in [0.717, 1.165) is 18.2 Å². The van der Waals surface area contributed by atoms with Gasteiger partial charge in [-0.25, -0.2) is 0 Å². The smallest absolute Gasteiger partial charge is 0.0128 e. The van der Waals surface area contributed by atoms with E-state index in [4.69, 9.17) is 5.73 Å². The molecule has 2 N–H and O–H groups in total. The van der Waals surface area contributed by atoms with Crippen LogP contribution < -0.4 is 5.73 Å². The van der Waals surface area contributed by atoms with Gasteiger partial charge in [-0.05, 0) is 31.7 Å². The Kier molecular flexibility index (Phi) is 8.68. The topological polar surface area (TPSA) is 26.0 Å². The third-order valence-electron chi connectivity index (χ3n) is 3.54. The highest BCUT2D eigenvalue weighted by Crippen LogP contribution is 2.35. The maximum atomic E-state index is 5.88. The van der Waals surface area contributed by atoms with Crippen molar-refractivity contribution in [1.29, 1.82) is 0 Å². The second-order valence-corrected chi connectivity index (χ2v) is 7.44. The van der Waals surface area contributed by atoms with Gasteiger partial charge in [0.2, 0.25) is 0 Å². The minimum atomic E-state index is 0.580. The number of allylic oxidation sites excluding steroid dienone is 3. The molecule has 104 valence electrons. The molecule has 0 fully saturated rings. The van der Waals surface area contributed by atoms with E-state index in [1.807, 2.05) is 0 Å². The van der Waals surface area contributed by atoms with Gasteiger partial charge < -0.3 is 5.73 Å². The monoisotopic (exact) mass is 379 g/mol. The Morgan fingerprint density at radius 2 is 2.33 bits per heavy atom. The fourth-order valence-corrected chi connectivity index (χ4v) is 5.31. The lowest BCUT2D eigenvalue weighted by Gasteiger charge is -2.30. The summed E-state index contributed by atoms with van der Waals surface area (Å²) in [5, 5.41) is 1.41. The van der Waals surface area contributed by atoms with Gasteiger partial charge in [0.25, 0.3) is 0 Å². The molecule has 1 aliphatic rings. The summed E-state index contributed by atoms with van der Waals surface area (Å²) in [5.74, 6) is 1.27. The number of hydrogen-bond donors (Lipinski definition) is 1. The predicted octanol–water partition coefficient (Wildman–Crippen LogP) is 4.42. The van der Waals surface area contributed by atoms with Crippen LogP contribution in [-0.2, 0) is 0 Å². The van der Waals surface area contributed by atoms with Crippen LogP contribution in [0, 0.1) is 11.8 Å². The van der Waals surface area contributed by atoms with Crippen LogP contribution in [0.25, 0.3) is 0 Å². The zero-order valence-corrected chi connectivity index (χ0v) is 14.5. The van der Waals surface area contributed by atoms with Gasteiger partial charge in [-0.3, -0.25) is 0 Å². The van der Waals surface area contributed by atoms with Crippen LogP contribution in [0.15, 0.2) is 24.3 Å². The van der Waals surface area contributed by atoms with Gasteiger partial charge in [-0.2, -0.15) is 11.8 Å². The van der Waals surface area contributed by atoms with Gasteiger partial charge >= 0.3 is 0 Å². The highest BCUT2D eigenvalue weighted by Gasteiger charge is 2.25. The summed E-state index contributed by atoms with van der Waals surface area (Å²) in [6.07, 6.45) is 13.0. The van der Waals surface area contributed by atoms with Crippen LogP contribution in [0.5, 0.6) is 0 Å². The van der Waals surface area contributed by atoms with E-state index < -0.39 is 0 Å². The molecule has 0 saturated heterocycles. The Morgan fingerprint density at radius 3 is 2.94 bits per heavy atom. The van der Waals surface area contributed by atoms with Crippen molar-refractivity contribution in [2.45, 2.75) is 43.6 Å². The normalized spacial score (nSPS) is 27.6. The average molecular weight is 379 g/mol. The molecule has 4 atom stereocenters. The molecule has 1 rings (SSSR count). The van der Waals surface area contributed by atoms with Crippen molar-refractivity contribution in [2.24, 2.45) is 17.6 Å². The van der Waals surface area contributed by atoms with Crippen LogP contribution in [-0.4, -0.2) is 21.5 Å². The second-order valence-electron chi connectivity index (χ2n) is 4.94. The molecule has 0 aromatic carbocycles. The first kappa shape index (κ1) is 16.6. The third-order valence-corrected chi connectivity index (χ3v) is 6.27. The van der Waals surface area contributed by atoms with Crippen molar-refractivity contribution < 1.29 is 0 Å². The molecular formula is C15H26INS. The molecule has 18 heavy (non-hydrogen) atoms. The van der Waals surface area contributed by atoms with E-state index in [9.17, 15) is 0 Å². The van der Waals surface area contributed by atoms with Crippen LogP contribution in [0.4, 0.5) is 0 Å². The van der Waals surface area contributed by atoms with Crippen molar-refractivity contribution in [3.8, 4) is 0 Å². The van der Waals surface area contributed by atoms with Crippen molar-refractivity contribution >= 4 is 34.4 Å². The molecule has 0 spiro atoms. The van der Waals surface area contributed by atoms with Crippen molar-refractivity contribution in [2.75, 3.05) is 11.0 Å². The maximum Gasteiger partial charge on any atom is 0.0128 e. The highest BCUT2D eigenvalue weighted by molar-refractivity contribution is 14.1. The van der Waals surface area contributed by atoms with E-state index in [-0.39, 0.29) is 0 Å². The Bertz CT molecular complexity index is 278. The quantitative estimate of drug-likeness (QED) is 0.403. The number of hydrogen-bond acceptors (Lipinski definition) is 2. The van der Waals surface area contributed by atoms with E-state index in [1.165, 1.54) is 17.3 Å². The summed E-state index contributed by atoms with van der Waals surface area (Å²) < 4.78 is 1.21. The summed E-state index contributed by atoms with van der Waals surface area (Å²) >= 11 is 4.66. The largest absolute Gasteiger partial charge is 0.330 e. The standard InChI is InChI=1S/C15H26INS/c1-3-4-7-13(10-16)12(2)18-15-9-6-5-8-14(15)11-17/h4-5,7-8,12-15H,3,6,9-11,17H2,1-2H3/b7-4-. The summed E-state index contributed by atoms with van der Waals surface area (Å²) in [5.41, 5.74) is 5.88. The zero-order valence-electron chi connectivity index (χ0n) is 11.5. The first-order valence-electron chi connectivity index (χ1n) is 6.97. The first-order valence-corrected chi connectivity index (χ1v) is 9.44. The number of rotatable bonds is 7. The van der Waals surface area contributed by atoms with Crippen molar-refractivity contribution in [3.05, 3.63) is 24.3 Å². The Hall–Kier alpha value is 0.520. The molecule has 0 amide bonds. The molecule has 0 aliphatic heterocycles. The van der Waals surface area contributed by atoms with E-state index >= 15 is 0 Å². The SMILES string of the molecule is CC/C=C\C(CI)C(C)SC1CCC=CC1CN. The molecular weight excluding hydrogens is 353 g/mol. The molecule has 4 unspecified atom stereocenters. The highest BCUT2D eigenvalue weighted by atomic mass is 127. The summed E-state index contributed by atoms with van der Waals surface area (Å²) in [6, 6.07) is 0. The lowest BCUT2D eigenvalue weighted by molar-refractivity contribution is 0.562. The number of alkyl halides is 1. The Labute approximate surface area is 130 Å². The molecule has 0 bridgehead atoms. The Morgan fingerprint density at radius 1 is 1.56 bits per heavy atom. The molecule has 0 heterocycles. The number of halogens is 1. The molecule has 3 heteroatoms. The van der Waals surface area contributed by atoms with E-state index in [2.05, 4.69) is 72.5 Å². The second kappa shape index (κ2) is 9.43. The molecule has 0 saturated carbocycles. The number of thioether (sulfide) groups is 1. The van der Waals surface area contributed by atoms with Crippen molar-refractivity contribution in [1.82, 2.24) is 0 Å². The molecule has 0 radical (unpaired) electrons. The van der Waals surface area contributed by atoms with Gasteiger partial charge in [0, 0.05) is 20.8 Å². The van der Waals surface area contributed by atoms with Crippen LogP contribution in [0.1, 0.15) is 33.1 Å². The average Bonchev–Trinajstić information content (AvgIpc) is 2.40. The van der Waals surface area contributed by atoms with Crippen LogP contribution in [0.2, 0.25) is 0 Å². The minimum Gasteiger partial charge on any atom is -0.330 e. The van der Waals surface area contributed by atoms with E-state index in [1.54, 1.807) is 0 Å². The fourth-order valence-electron chi connectivity index (χ4n) is 2.29. The summed E-state index contributed by atoms with van der Waals surface area (Å²) in [4.78, 5) is 0. The van der Waals surface area contributed by atoms with E-state index in [0.29, 0.717) is 17.1 Å². The van der Waals surface area contributed by atoms with Crippen LogP contribution in [0.3, 0.4) is 0 Å². The molecule has 1 nitrogen and oxygen atoms in total. The van der Waals surface area contributed by atoms with Crippen molar-refractivity contribution in [3.63, 3.8) is 0 Å². The predicted molar refractivity (Wildman–Crippen MR) is 93.6 cm³/mol. The third kappa shape index (κ3) is 5.25. The van der Waals surface area contributed by atoms with Gasteiger partial charge in [0.1, 0.15) is 0 Å². The lowest BCUT2D eigenvalue weighted by atomic mass is 9.95.